The first-order valence-corrected chi connectivity index (χ1v) is 6.84. The van der Waals surface area contributed by atoms with Crippen molar-refractivity contribution >= 4 is 5.91 Å². The third kappa shape index (κ3) is 2.80. The third-order valence-corrected chi connectivity index (χ3v) is 4.10. The lowest BCUT2D eigenvalue weighted by Crippen LogP contribution is -2.56. The molecule has 0 saturated carbocycles. The summed E-state index contributed by atoms with van der Waals surface area (Å²) in [5, 5.41) is 6.58. The standard InChI is InChI=1S/C13H24N2O2/c1-3-13(6-4-7-14-13)12(16)15-11-5-8-17-10(2)9-11/h10-11,14H,3-9H2,1-2H3,(H,15,16). The topological polar surface area (TPSA) is 50.4 Å². The first kappa shape index (κ1) is 12.8. The summed E-state index contributed by atoms with van der Waals surface area (Å²) in [5.41, 5.74) is -0.304. The van der Waals surface area contributed by atoms with Crippen LogP contribution in [0.4, 0.5) is 0 Å². The van der Waals surface area contributed by atoms with Gasteiger partial charge in [-0.25, -0.2) is 0 Å². The highest BCUT2D eigenvalue weighted by Crippen LogP contribution is 2.24. The van der Waals surface area contributed by atoms with Crippen LogP contribution in [0.1, 0.15) is 46.0 Å². The molecule has 0 spiro atoms. The summed E-state index contributed by atoms with van der Waals surface area (Å²) in [7, 11) is 0. The van der Waals surface area contributed by atoms with Crippen molar-refractivity contribution in [3.8, 4) is 0 Å². The molecule has 98 valence electrons. The Labute approximate surface area is 103 Å². The van der Waals surface area contributed by atoms with Crippen LogP contribution in [0, 0.1) is 0 Å². The molecule has 2 aliphatic rings. The Morgan fingerprint density at radius 2 is 2.41 bits per heavy atom. The highest BCUT2D eigenvalue weighted by atomic mass is 16.5. The smallest absolute Gasteiger partial charge is 0.240 e. The number of ether oxygens (including phenoxy) is 1. The molecule has 0 bridgehead atoms. The predicted octanol–water partition coefficient (Wildman–Crippen LogP) is 1.20. The lowest BCUT2D eigenvalue weighted by molar-refractivity contribution is -0.129. The van der Waals surface area contributed by atoms with Crippen LogP contribution in [0.25, 0.3) is 0 Å². The second-order valence-electron chi connectivity index (χ2n) is 5.34. The number of amides is 1. The maximum absolute atomic E-state index is 12.4. The molecule has 1 amide bonds. The lowest BCUT2D eigenvalue weighted by atomic mass is 9.92. The van der Waals surface area contributed by atoms with Crippen molar-refractivity contribution in [3.05, 3.63) is 0 Å². The Morgan fingerprint density at radius 1 is 1.59 bits per heavy atom. The molecule has 3 unspecified atom stereocenters. The number of rotatable bonds is 3. The third-order valence-electron chi connectivity index (χ3n) is 4.10. The Hall–Kier alpha value is -0.610. The molecular formula is C13H24N2O2. The van der Waals surface area contributed by atoms with Crippen molar-refractivity contribution in [2.45, 2.75) is 63.6 Å². The Kier molecular flexibility index (Phi) is 4.05. The second-order valence-corrected chi connectivity index (χ2v) is 5.34. The zero-order chi connectivity index (χ0) is 12.3. The van der Waals surface area contributed by atoms with Gasteiger partial charge < -0.3 is 15.4 Å². The minimum atomic E-state index is -0.304. The van der Waals surface area contributed by atoms with E-state index in [0.717, 1.165) is 45.3 Å². The molecule has 2 fully saturated rings. The second kappa shape index (κ2) is 5.36. The van der Waals surface area contributed by atoms with Crippen LogP contribution in [0.2, 0.25) is 0 Å². The minimum Gasteiger partial charge on any atom is -0.378 e. The van der Waals surface area contributed by atoms with Gasteiger partial charge in [0, 0.05) is 12.6 Å². The van der Waals surface area contributed by atoms with Crippen molar-refractivity contribution in [2.75, 3.05) is 13.2 Å². The SMILES string of the molecule is CCC1(C(=O)NC2CCOC(C)C2)CCCN1. The molecule has 17 heavy (non-hydrogen) atoms. The highest BCUT2D eigenvalue weighted by Gasteiger charge is 2.40. The molecule has 2 N–H and O–H groups in total. The van der Waals surface area contributed by atoms with Gasteiger partial charge in [-0.1, -0.05) is 6.92 Å². The molecule has 2 heterocycles. The van der Waals surface area contributed by atoms with E-state index in [2.05, 4.69) is 24.5 Å². The van der Waals surface area contributed by atoms with Crippen LogP contribution >= 0.6 is 0 Å². The number of hydrogen-bond donors (Lipinski definition) is 2. The van der Waals surface area contributed by atoms with Crippen LogP contribution < -0.4 is 10.6 Å². The average Bonchev–Trinajstić information content (AvgIpc) is 2.78. The van der Waals surface area contributed by atoms with Gasteiger partial charge in [0.25, 0.3) is 0 Å². The maximum Gasteiger partial charge on any atom is 0.240 e. The zero-order valence-corrected chi connectivity index (χ0v) is 10.9. The van der Waals surface area contributed by atoms with Gasteiger partial charge >= 0.3 is 0 Å². The zero-order valence-electron chi connectivity index (χ0n) is 10.9. The van der Waals surface area contributed by atoms with Crippen molar-refractivity contribution < 1.29 is 9.53 Å². The summed E-state index contributed by atoms with van der Waals surface area (Å²) in [6.07, 6.45) is 5.08. The van der Waals surface area contributed by atoms with Crippen molar-refractivity contribution in [1.29, 1.82) is 0 Å². The molecule has 0 aromatic heterocycles. The summed E-state index contributed by atoms with van der Waals surface area (Å²) in [4.78, 5) is 12.4. The molecule has 4 nitrogen and oxygen atoms in total. The van der Waals surface area contributed by atoms with Gasteiger partial charge in [-0.15, -0.1) is 0 Å². The van der Waals surface area contributed by atoms with E-state index in [0.29, 0.717) is 0 Å². The summed E-state index contributed by atoms with van der Waals surface area (Å²) in [6, 6.07) is 0.289. The number of carbonyl (C=O) groups excluding carboxylic acids is 1. The molecule has 0 aromatic carbocycles. The van der Waals surface area contributed by atoms with Crippen LogP contribution in [-0.4, -0.2) is 36.7 Å². The van der Waals surface area contributed by atoms with E-state index in [4.69, 9.17) is 4.74 Å². The normalized spacial score (nSPS) is 38.0. The van der Waals surface area contributed by atoms with Crippen LogP contribution in [-0.2, 0) is 9.53 Å². The Balaban J connectivity index is 1.91. The van der Waals surface area contributed by atoms with E-state index in [1.807, 2.05) is 0 Å². The van der Waals surface area contributed by atoms with Gasteiger partial charge in [0.2, 0.25) is 5.91 Å². The highest BCUT2D eigenvalue weighted by molar-refractivity contribution is 5.86. The summed E-state index contributed by atoms with van der Waals surface area (Å²) < 4.78 is 5.50. The van der Waals surface area contributed by atoms with E-state index < -0.39 is 0 Å². The quantitative estimate of drug-likeness (QED) is 0.779. The van der Waals surface area contributed by atoms with Crippen molar-refractivity contribution in [2.24, 2.45) is 0 Å². The summed E-state index contributed by atoms with van der Waals surface area (Å²) in [6.45, 7) is 5.89. The summed E-state index contributed by atoms with van der Waals surface area (Å²) >= 11 is 0. The van der Waals surface area contributed by atoms with Crippen LogP contribution in [0.3, 0.4) is 0 Å². The molecule has 2 rings (SSSR count). The van der Waals surface area contributed by atoms with Gasteiger partial charge in [-0.05, 0) is 45.6 Å². The van der Waals surface area contributed by atoms with Crippen LogP contribution in [0.15, 0.2) is 0 Å². The van der Waals surface area contributed by atoms with Gasteiger partial charge in [0.15, 0.2) is 0 Å². The fraction of sp³-hybridized carbons (Fsp3) is 0.923. The summed E-state index contributed by atoms with van der Waals surface area (Å²) in [5.74, 6) is 0.191. The predicted molar refractivity (Wildman–Crippen MR) is 66.8 cm³/mol. The molecule has 0 aromatic rings. The van der Waals surface area contributed by atoms with Crippen molar-refractivity contribution in [1.82, 2.24) is 10.6 Å². The minimum absolute atomic E-state index is 0.191. The van der Waals surface area contributed by atoms with E-state index >= 15 is 0 Å². The first-order valence-electron chi connectivity index (χ1n) is 6.84. The molecule has 2 aliphatic heterocycles. The van der Waals surface area contributed by atoms with E-state index in [9.17, 15) is 4.79 Å². The largest absolute Gasteiger partial charge is 0.378 e. The molecule has 0 radical (unpaired) electrons. The maximum atomic E-state index is 12.4. The molecule has 2 saturated heterocycles. The fourth-order valence-electron chi connectivity index (χ4n) is 2.92. The Bertz CT molecular complexity index is 275. The van der Waals surface area contributed by atoms with Gasteiger partial charge in [-0.3, -0.25) is 4.79 Å². The first-order chi connectivity index (χ1) is 8.16. The molecule has 4 heteroatoms. The van der Waals surface area contributed by atoms with Crippen molar-refractivity contribution in [3.63, 3.8) is 0 Å². The molecule has 3 atom stereocenters. The number of carbonyl (C=O) groups is 1. The number of nitrogens with one attached hydrogen (secondary N) is 2. The molecular weight excluding hydrogens is 216 g/mol. The fourth-order valence-corrected chi connectivity index (χ4v) is 2.92. The van der Waals surface area contributed by atoms with E-state index in [1.54, 1.807) is 0 Å². The lowest BCUT2D eigenvalue weighted by Gasteiger charge is -2.33. The van der Waals surface area contributed by atoms with Gasteiger partial charge in [0.1, 0.15) is 0 Å². The van der Waals surface area contributed by atoms with Gasteiger partial charge in [-0.2, -0.15) is 0 Å². The number of hydrogen-bond acceptors (Lipinski definition) is 3. The molecule has 0 aliphatic carbocycles. The average molecular weight is 240 g/mol. The van der Waals surface area contributed by atoms with Gasteiger partial charge in [0.05, 0.1) is 11.6 Å². The van der Waals surface area contributed by atoms with E-state index in [-0.39, 0.29) is 23.6 Å². The van der Waals surface area contributed by atoms with Crippen LogP contribution in [0.5, 0.6) is 0 Å². The monoisotopic (exact) mass is 240 g/mol. The Morgan fingerprint density at radius 3 is 3.00 bits per heavy atom. The van der Waals surface area contributed by atoms with E-state index in [1.165, 1.54) is 0 Å².